The van der Waals surface area contributed by atoms with Crippen LogP contribution in [0.1, 0.15) is 20.8 Å². The molecular formula is C10H17NO4. The molecule has 1 fully saturated rings. The molecule has 1 amide bonds. The van der Waals surface area contributed by atoms with E-state index in [2.05, 4.69) is 5.32 Å². The monoisotopic (exact) mass is 215 g/mol. The number of rotatable bonds is 4. The average Bonchev–Trinajstić information content (AvgIpc) is 2.68. The number of aliphatic hydroxyl groups excluding tert-OH is 1. The molecule has 1 aliphatic carbocycles. The number of carboxylic acid groups (broad SMARTS) is 1. The molecule has 86 valence electrons. The Bertz CT molecular complexity index is 287. The molecule has 0 aromatic rings. The van der Waals surface area contributed by atoms with Crippen LogP contribution in [0.4, 0.5) is 0 Å². The van der Waals surface area contributed by atoms with Gasteiger partial charge in [0.15, 0.2) is 0 Å². The zero-order chi connectivity index (χ0) is 11.8. The van der Waals surface area contributed by atoms with Gasteiger partial charge in [-0.1, -0.05) is 13.8 Å². The van der Waals surface area contributed by atoms with Gasteiger partial charge in [-0.3, -0.25) is 9.59 Å². The first kappa shape index (κ1) is 12.0. The molecule has 0 aromatic heterocycles. The number of hydrogen-bond acceptors (Lipinski definition) is 3. The van der Waals surface area contributed by atoms with Gasteiger partial charge in [-0.2, -0.15) is 0 Å². The van der Waals surface area contributed by atoms with Crippen molar-refractivity contribution in [2.75, 3.05) is 6.61 Å². The van der Waals surface area contributed by atoms with Crippen molar-refractivity contribution in [2.45, 2.75) is 26.8 Å². The number of aliphatic hydroxyl groups is 1. The van der Waals surface area contributed by atoms with Gasteiger partial charge in [0, 0.05) is 6.04 Å². The highest BCUT2D eigenvalue weighted by Crippen LogP contribution is 2.58. The van der Waals surface area contributed by atoms with Gasteiger partial charge >= 0.3 is 5.97 Å². The Kier molecular flexibility index (Phi) is 3.04. The molecule has 0 radical (unpaired) electrons. The van der Waals surface area contributed by atoms with Crippen molar-refractivity contribution in [3.8, 4) is 0 Å². The second-order valence-electron chi connectivity index (χ2n) is 4.71. The van der Waals surface area contributed by atoms with Crippen LogP contribution < -0.4 is 5.32 Å². The summed E-state index contributed by atoms with van der Waals surface area (Å²) in [6.07, 6.45) is 0. The lowest BCUT2D eigenvalue weighted by Crippen LogP contribution is -2.37. The Morgan fingerprint density at radius 2 is 1.93 bits per heavy atom. The maximum atomic E-state index is 11.6. The van der Waals surface area contributed by atoms with Crippen molar-refractivity contribution in [2.24, 2.45) is 17.3 Å². The van der Waals surface area contributed by atoms with Gasteiger partial charge < -0.3 is 15.5 Å². The summed E-state index contributed by atoms with van der Waals surface area (Å²) in [6, 6.07) is -0.330. The van der Waals surface area contributed by atoms with Crippen molar-refractivity contribution in [3.05, 3.63) is 0 Å². The van der Waals surface area contributed by atoms with Gasteiger partial charge in [0.25, 0.3) is 0 Å². The summed E-state index contributed by atoms with van der Waals surface area (Å²) < 4.78 is 0. The Hall–Kier alpha value is -1.10. The van der Waals surface area contributed by atoms with Crippen molar-refractivity contribution < 1.29 is 19.8 Å². The van der Waals surface area contributed by atoms with Crippen molar-refractivity contribution in [1.82, 2.24) is 5.32 Å². The lowest BCUT2D eigenvalue weighted by atomic mass is 10.1. The second kappa shape index (κ2) is 3.81. The first-order valence-corrected chi connectivity index (χ1v) is 4.96. The Labute approximate surface area is 88.5 Å². The number of carbonyl (C=O) groups excluding carboxylic acids is 1. The number of hydrogen-bond donors (Lipinski definition) is 3. The second-order valence-corrected chi connectivity index (χ2v) is 4.71. The predicted octanol–water partition coefficient (Wildman–Crippen LogP) is -0.160. The van der Waals surface area contributed by atoms with Crippen LogP contribution in [0.25, 0.3) is 0 Å². The van der Waals surface area contributed by atoms with E-state index < -0.39 is 23.2 Å². The molecule has 5 heteroatoms. The standard InChI is InChI=1S/C10H17NO4/c1-5(4-12)11-8(13)6-7(9(14)15)10(6,2)3/h5-7,12H,4H2,1-3H3,(H,11,13)(H,14,15)/t5?,6-,7+/m1/s1. The third-order valence-electron chi connectivity index (χ3n) is 3.04. The van der Waals surface area contributed by atoms with Crippen molar-refractivity contribution in [3.63, 3.8) is 0 Å². The van der Waals surface area contributed by atoms with Crippen LogP contribution in [0.15, 0.2) is 0 Å². The Morgan fingerprint density at radius 3 is 2.27 bits per heavy atom. The minimum Gasteiger partial charge on any atom is -0.481 e. The molecule has 0 heterocycles. The molecule has 0 aliphatic heterocycles. The summed E-state index contributed by atoms with van der Waals surface area (Å²) in [4.78, 5) is 22.4. The normalized spacial score (nSPS) is 29.3. The smallest absolute Gasteiger partial charge is 0.307 e. The van der Waals surface area contributed by atoms with Gasteiger partial charge in [0.05, 0.1) is 18.4 Å². The third kappa shape index (κ3) is 2.12. The molecule has 1 rings (SSSR count). The topological polar surface area (TPSA) is 86.6 Å². The lowest BCUT2D eigenvalue weighted by Gasteiger charge is -2.11. The molecule has 1 aliphatic rings. The largest absolute Gasteiger partial charge is 0.481 e. The molecule has 1 saturated carbocycles. The zero-order valence-electron chi connectivity index (χ0n) is 9.15. The average molecular weight is 215 g/mol. The quantitative estimate of drug-likeness (QED) is 0.608. The van der Waals surface area contributed by atoms with Gasteiger partial charge in [0.1, 0.15) is 0 Å². The number of amides is 1. The fourth-order valence-corrected chi connectivity index (χ4v) is 1.97. The van der Waals surface area contributed by atoms with E-state index in [1.165, 1.54) is 0 Å². The van der Waals surface area contributed by atoms with E-state index in [-0.39, 0.29) is 18.6 Å². The van der Waals surface area contributed by atoms with E-state index >= 15 is 0 Å². The number of carboxylic acids is 1. The Morgan fingerprint density at radius 1 is 1.40 bits per heavy atom. The molecule has 0 aromatic carbocycles. The van der Waals surface area contributed by atoms with E-state index in [9.17, 15) is 9.59 Å². The predicted molar refractivity (Wildman–Crippen MR) is 53.1 cm³/mol. The van der Waals surface area contributed by atoms with Gasteiger partial charge in [0.2, 0.25) is 5.91 Å². The molecule has 3 atom stereocenters. The summed E-state index contributed by atoms with van der Waals surface area (Å²) in [5.74, 6) is -2.31. The highest BCUT2D eigenvalue weighted by Gasteiger charge is 2.65. The Balaban J connectivity index is 2.60. The van der Waals surface area contributed by atoms with Gasteiger partial charge in [-0.05, 0) is 12.3 Å². The fraction of sp³-hybridized carbons (Fsp3) is 0.800. The molecule has 15 heavy (non-hydrogen) atoms. The lowest BCUT2D eigenvalue weighted by molar-refractivity contribution is -0.140. The molecule has 0 saturated heterocycles. The minimum atomic E-state index is -0.934. The van der Waals surface area contributed by atoms with Crippen LogP contribution in [-0.4, -0.2) is 34.7 Å². The van der Waals surface area contributed by atoms with Crippen LogP contribution in [0.2, 0.25) is 0 Å². The molecule has 0 bridgehead atoms. The van der Waals surface area contributed by atoms with E-state index in [4.69, 9.17) is 10.2 Å². The van der Waals surface area contributed by atoms with Crippen LogP contribution in [0.3, 0.4) is 0 Å². The summed E-state index contributed by atoms with van der Waals surface area (Å²) in [5, 5.41) is 20.2. The SMILES string of the molecule is CC(CO)NC(=O)[C@H]1[C@@H](C(=O)O)C1(C)C. The maximum absolute atomic E-state index is 11.6. The van der Waals surface area contributed by atoms with Crippen molar-refractivity contribution in [1.29, 1.82) is 0 Å². The first-order chi connectivity index (χ1) is 6.82. The number of aliphatic carboxylic acids is 1. The fourth-order valence-electron chi connectivity index (χ4n) is 1.97. The maximum Gasteiger partial charge on any atom is 0.307 e. The summed E-state index contributed by atoms with van der Waals surface area (Å²) in [7, 11) is 0. The molecule has 0 spiro atoms. The number of carbonyl (C=O) groups is 2. The molecule has 3 N–H and O–H groups in total. The summed E-state index contributed by atoms with van der Waals surface area (Å²) in [6.45, 7) is 5.05. The van der Waals surface area contributed by atoms with Gasteiger partial charge in [-0.15, -0.1) is 0 Å². The third-order valence-corrected chi connectivity index (χ3v) is 3.04. The summed E-state index contributed by atoms with van der Waals surface area (Å²) >= 11 is 0. The highest BCUT2D eigenvalue weighted by molar-refractivity contribution is 5.91. The zero-order valence-corrected chi connectivity index (χ0v) is 9.15. The van der Waals surface area contributed by atoms with E-state index in [0.29, 0.717) is 0 Å². The van der Waals surface area contributed by atoms with E-state index in [1.807, 2.05) is 0 Å². The first-order valence-electron chi connectivity index (χ1n) is 4.96. The van der Waals surface area contributed by atoms with Crippen LogP contribution in [-0.2, 0) is 9.59 Å². The highest BCUT2D eigenvalue weighted by atomic mass is 16.4. The molecule has 5 nitrogen and oxygen atoms in total. The summed E-state index contributed by atoms with van der Waals surface area (Å²) in [5.41, 5.74) is -0.481. The van der Waals surface area contributed by atoms with Crippen molar-refractivity contribution >= 4 is 11.9 Å². The van der Waals surface area contributed by atoms with Crippen LogP contribution in [0, 0.1) is 17.3 Å². The molecular weight excluding hydrogens is 198 g/mol. The van der Waals surface area contributed by atoms with Gasteiger partial charge in [-0.25, -0.2) is 0 Å². The van der Waals surface area contributed by atoms with Crippen LogP contribution >= 0.6 is 0 Å². The minimum absolute atomic E-state index is 0.142. The molecule has 1 unspecified atom stereocenters. The van der Waals surface area contributed by atoms with E-state index in [0.717, 1.165) is 0 Å². The number of nitrogens with one attached hydrogen (secondary N) is 1. The van der Waals surface area contributed by atoms with E-state index in [1.54, 1.807) is 20.8 Å². The van der Waals surface area contributed by atoms with Crippen LogP contribution in [0.5, 0.6) is 0 Å².